The van der Waals surface area contributed by atoms with Gasteiger partial charge in [-0.1, -0.05) is 123 Å². The van der Waals surface area contributed by atoms with Gasteiger partial charge in [0.15, 0.2) is 0 Å². The molecule has 1 saturated heterocycles. The van der Waals surface area contributed by atoms with Crippen LogP contribution >= 0.6 is 0 Å². The second-order valence-electron chi connectivity index (χ2n) is 15.8. The van der Waals surface area contributed by atoms with Crippen molar-refractivity contribution in [2.75, 3.05) is 26.3 Å². The summed E-state index contributed by atoms with van der Waals surface area (Å²) in [6, 6.07) is 33.6. The van der Waals surface area contributed by atoms with Gasteiger partial charge in [-0.2, -0.15) is 0 Å². The van der Waals surface area contributed by atoms with Crippen LogP contribution in [0, 0.1) is 0 Å². The number of rotatable bonds is 13. The SMILES string of the molecule is O=C(NC1(C(=O)OCc2ccccc2)CCCCC1)c1ccc(CN2CCOCC2)cc1.O=C(NC1(C(=O)OCc2ccccc2)CCCCC1)c1ccc(CO)cc1. The highest BCUT2D eigenvalue weighted by molar-refractivity contribution is 5.99. The molecule has 2 aliphatic carbocycles. The van der Waals surface area contributed by atoms with Crippen molar-refractivity contribution in [3.8, 4) is 0 Å². The molecule has 2 amide bonds. The number of carbonyl (C=O) groups is 4. The number of benzene rings is 4. The summed E-state index contributed by atoms with van der Waals surface area (Å²) in [5.41, 5.74) is 2.87. The summed E-state index contributed by atoms with van der Waals surface area (Å²) in [5.74, 6) is -1.22. The Balaban J connectivity index is 0.000000201. The Morgan fingerprint density at radius 2 is 0.949 bits per heavy atom. The fourth-order valence-electron chi connectivity index (χ4n) is 7.91. The number of hydrogen-bond acceptors (Lipinski definition) is 9. The molecular formula is C48H57N3O8. The fourth-order valence-corrected chi connectivity index (χ4v) is 7.91. The monoisotopic (exact) mass is 803 g/mol. The van der Waals surface area contributed by atoms with Crippen LogP contribution in [-0.4, -0.2) is 71.1 Å². The lowest BCUT2D eigenvalue weighted by Crippen LogP contribution is -2.56. The smallest absolute Gasteiger partial charge is 0.332 e. The van der Waals surface area contributed by atoms with E-state index in [0.29, 0.717) is 36.8 Å². The number of hydrogen-bond donors (Lipinski definition) is 3. The molecular weight excluding hydrogens is 747 g/mol. The lowest BCUT2D eigenvalue weighted by molar-refractivity contribution is -0.155. The van der Waals surface area contributed by atoms with Crippen LogP contribution in [0.25, 0.3) is 0 Å². The molecule has 2 saturated carbocycles. The number of nitrogens with one attached hydrogen (secondary N) is 2. The summed E-state index contributed by atoms with van der Waals surface area (Å²) >= 11 is 0. The van der Waals surface area contributed by atoms with E-state index in [0.717, 1.165) is 93.6 Å². The third-order valence-electron chi connectivity index (χ3n) is 11.5. The molecule has 0 bridgehead atoms. The first-order valence-electron chi connectivity index (χ1n) is 20.9. The zero-order valence-electron chi connectivity index (χ0n) is 33.9. The molecule has 7 rings (SSSR count). The summed E-state index contributed by atoms with van der Waals surface area (Å²) in [6.07, 6.45) is 8.08. The summed E-state index contributed by atoms with van der Waals surface area (Å²) in [7, 11) is 0. The van der Waals surface area contributed by atoms with Crippen molar-refractivity contribution < 1.29 is 38.5 Å². The first kappa shape index (κ1) is 43.2. The minimum atomic E-state index is -0.972. The largest absolute Gasteiger partial charge is 0.459 e. The van der Waals surface area contributed by atoms with Crippen LogP contribution in [0.3, 0.4) is 0 Å². The van der Waals surface area contributed by atoms with Crippen molar-refractivity contribution in [2.24, 2.45) is 0 Å². The van der Waals surface area contributed by atoms with Crippen LogP contribution in [0.15, 0.2) is 109 Å². The van der Waals surface area contributed by atoms with Gasteiger partial charge >= 0.3 is 11.9 Å². The Labute approximate surface area is 347 Å². The first-order chi connectivity index (χ1) is 28.8. The molecule has 0 atom stereocenters. The molecule has 11 heteroatoms. The normalized spacial score (nSPS) is 17.3. The average Bonchev–Trinajstić information content (AvgIpc) is 3.29. The van der Waals surface area contributed by atoms with Crippen LogP contribution in [0.4, 0.5) is 0 Å². The first-order valence-corrected chi connectivity index (χ1v) is 20.9. The van der Waals surface area contributed by atoms with Crippen molar-refractivity contribution in [3.05, 3.63) is 143 Å². The Morgan fingerprint density at radius 1 is 0.542 bits per heavy atom. The number of aliphatic hydroxyl groups excluding tert-OH is 1. The quantitative estimate of drug-likeness (QED) is 0.121. The van der Waals surface area contributed by atoms with Crippen LogP contribution in [0.5, 0.6) is 0 Å². The van der Waals surface area contributed by atoms with Crippen LogP contribution in [-0.2, 0) is 50.2 Å². The molecule has 0 unspecified atom stereocenters. The number of carbonyl (C=O) groups excluding carboxylic acids is 4. The second kappa shape index (κ2) is 21.6. The highest BCUT2D eigenvalue weighted by Crippen LogP contribution is 2.32. The highest BCUT2D eigenvalue weighted by Gasteiger charge is 2.43. The summed E-state index contributed by atoms with van der Waals surface area (Å²) < 4.78 is 16.6. The fraction of sp³-hybridized carbons (Fsp3) is 0.417. The molecule has 312 valence electrons. The number of amides is 2. The van der Waals surface area contributed by atoms with Gasteiger partial charge in [0.05, 0.1) is 19.8 Å². The minimum Gasteiger partial charge on any atom is -0.459 e. The second-order valence-corrected chi connectivity index (χ2v) is 15.8. The highest BCUT2D eigenvalue weighted by atomic mass is 16.5. The van der Waals surface area contributed by atoms with E-state index in [1.165, 1.54) is 0 Å². The standard InChI is InChI=1S/C26H32N2O4.C22H25NO4/c29-24(23-11-9-21(10-12-23)19-28-15-17-31-18-16-28)27-26(13-5-2-6-14-26)25(30)32-20-22-7-3-1-4-8-22;24-15-17-9-11-19(12-10-17)20(25)23-22(13-5-2-6-14-22)21(26)27-16-18-7-3-1-4-8-18/h1,3-4,7-12H,2,5-6,13-20H2,(H,27,29);1,3-4,7-12,24H,2,5-6,13-16H2,(H,23,25). The van der Waals surface area contributed by atoms with Gasteiger partial charge in [0, 0.05) is 30.8 Å². The van der Waals surface area contributed by atoms with Gasteiger partial charge in [0.25, 0.3) is 11.8 Å². The number of esters is 2. The maximum absolute atomic E-state index is 13.1. The van der Waals surface area contributed by atoms with E-state index >= 15 is 0 Å². The zero-order valence-corrected chi connectivity index (χ0v) is 33.9. The zero-order chi connectivity index (χ0) is 41.3. The van der Waals surface area contributed by atoms with Crippen LogP contribution in [0.1, 0.15) is 107 Å². The van der Waals surface area contributed by atoms with Gasteiger partial charge in [-0.15, -0.1) is 0 Å². The van der Waals surface area contributed by atoms with Crippen molar-refractivity contribution in [2.45, 2.75) is 102 Å². The molecule has 59 heavy (non-hydrogen) atoms. The van der Waals surface area contributed by atoms with Gasteiger partial charge < -0.3 is 30.0 Å². The van der Waals surface area contributed by atoms with Crippen molar-refractivity contribution in [1.82, 2.24) is 15.5 Å². The van der Waals surface area contributed by atoms with E-state index in [2.05, 4.69) is 15.5 Å². The lowest BCUT2D eigenvalue weighted by atomic mass is 9.81. The molecule has 4 aromatic rings. The van der Waals surface area contributed by atoms with Crippen molar-refractivity contribution >= 4 is 23.8 Å². The van der Waals surface area contributed by atoms with E-state index in [9.17, 15) is 19.2 Å². The molecule has 4 aromatic carbocycles. The molecule has 0 radical (unpaired) electrons. The number of nitrogens with zero attached hydrogens (tertiary/aromatic N) is 1. The Hall–Kier alpha value is -5.36. The Bertz CT molecular complexity index is 1940. The molecule has 11 nitrogen and oxygen atoms in total. The third-order valence-corrected chi connectivity index (χ3v) is 11.5. The number of morpholine rings is 1. The van der Waals surface area contributed by atoms with Crippen molar-refractivity contribution in [3.63, 3.8) is 0 Å². The predicted molar refractivity (Wildman–Crippen MR) is 224 cm³/mol. The van der Waals surface area contributed by atoms with Gasteiger partial charge in [-0.3, -0.25) is 14.5 Å². The molecule has 3 aliphatic rings. The van der Waals surface area contributed by atoms with Crippen molar-refractivity contribution in [1.29, 1.82) is 0 Å². The minimum absolute atomic E-state index is 0.0718. The third kappa shape index (κ3) is 12.3. The van der Waals surface area contributed by atoms with E-state index in [4.69, 9.17) is 19.3 Å². The van der Waals surface area contributed by atoms with Gasteiger partial charge in [0.1, 0.15) is 24.3 Å². The molecule has 1 aliphatic heterocycles. The Morgan fingerprint density at radius 3 is 1.36 bits per heavy atom. The van der Waals surface area contributed by atoms with E-state index in [-0.39, 0.29) is 43.6 Å². The van der Waals surface area contributed by atoms with Crippen LogP contribution in [0.2, 0.25) is 0 Å². The topological polar surface area (TPSA) is 144 Å². The van der Waals surface area contributed by atoms with Crippen LogP contribution < -0.4 is 10.6 Å². The van der Waals surface area contributed by atoms with Gasteiger partial charge in [0.2, 0.25) is 0 Å². The summed E-state index contributed by atoms with van der Waals surface area (Å²) in [4.78, 5) is 54.1. The van der Waals surface area contributed by atoms with E-state index in [1.807, 2.05) is 84.9 Å². The molecule has 3 fully saturated rings. The van der Waals surface area contributed by atoms with Gasteiger partial charge in [-0.05, 0) is 72.2 Å². The van der Waals surface area contributed by atoms with E-state index < -0.39 is 11.1 Å². The molecule has 3 N–H and O–H groups in total. The Kier molecular flexibility index (Phi) is 15.8. The summed E-state index contributed by atoms with van der Waals surface area (Å²) in [6.45, 7) is 4.58. The summed E-state index contributed by atoms with van der Waals surface area (Å²) in [5, 5.41) is 15.1. The lowest BCUT2D eigenvalue weighted by Gasteiger charge is -2.35. The molecule has 0 aromatic heterocycles. The van der Waals surface area contributed by atoms with Gasteiger partial charge in [-0.25, -0.2) is 9.59 Å². The number of aliphatic hydroxyl groups is 1. The van der Waals surface area contributed by atoms with E-state index in [1.54, 1.807) is 24.3 Å². The predicted octanol–water partition coefficient (Wildman–Crippen LogP) is 7.05. The molecule has 0 spiro atoms. The average molecular weight is 804 g/mol. The maximum atomic E-state index is 13.1. The number of ether oxygens (including phenoxy) is 3. The molecule has 1 heterocycles. The maximum Gasteiger partial charge on any atom is 0.332 e.